The minimum atomic E-state index is 0.825. The van der Waals surface area contributed by atoms with Gasteiger partial charge in [0.2, 0.25) is 0 Å². The molecule has 96 valence electrons. The number of anilines is 1. The molecule has 3 nitrogen and oxygen atoms in total. The quantitative estimate of drug-likeness (QED) is 0.921. The zero-order valence-electron chi connectivity index (χ0n) is 10.5. The maximum Gasteiger partial charge on any atom is 0.142 e. The van der Waals surface area contributed by atoms with Crippen LogP contribution >= 0.6 is 23.1 Å². The lowest BCUT2D eigenvalue weighted by Crippen LogP contribution is -2.01. The van der Waals surface area contributed by atoms with Gasteiger partial charge in [0.1, 0.15) is 16.5 Å². The molecular formula is C13H17N3S2. The SMILES string of the molecule is CNc1nc(CSC2CCCC2)nc2sccc12. The molecule has 5 heteroatoms. The molecule has 1 aliphatic rings. The van der Waals surface area contributed by atoms with Gasteiger partial charge in [0, 0.05) is 12.3 Å². The molecule has 2 aromatic heterocycles. The first kappa shape index (κ1) is 12.2. The summed E-state index contributed by atoms with van der Waals surface area (Å²) in [7, 11) is 1.92. The maximum absolute atomic E-state index is 4.65. The van der Waals surface area contributed by atoms with Crippen LogP contribution in [0.5, 0.6) is 0 Å². The second kappa shape index (κ2) is 5.45. The average Bonchev–Trinajstić information content (AvgIpc) is 3.06. The van der Waals surface area contributed by atoms with Crippen LogP contribution in [0.3, 0.4) is 0 Å². The highest BCUT2D eigenvalue weighted by molar-refractivity contribution is 7.99. The molecule has 1 fully saturated rings. The third-order valence-corrected chi connectivity index (χ3v) is 5.53. The molecule has 0 saturated heterocycles. The Morgan fingerprint density at radius 1 is 1.39 bits per heavy atom. The summed E-state index contributed by atoms with van der Waals surface area (Å²) in [4.78, 5) is 10.4. The lowest BCUT2D eigenvalue weighted by molar-refractivity contribution is 0.886. The molecule has 1 saturated carbocycles. The second-order valence-corrected chi connectivity index (χ2v) is 6.78. The summed E-state index contributed by atoms with van der Waals surface area (Å²) in [5, 5.41) is 7.21. The number of thioether (sulfide) groups is 1. The molecule has 1 N–H and O–H groups in total. The fraction of sp³-hybridized carbons (Fsp3) is 0.538. The largest absolute Gasteiger partial charge is 0.372 e. The van der Waals surface area contributed by atoms with Crippen molar-refractivity contribution in [2.24, 2.45) is 0 Å². The van der Waals surface area contributed by atoms with Crippen molar-refractivity contribution in [2.75, 3.05) is 12.4 Å². The van der Waals surface area contributed by atoms with Gasteiger partial charge in [-0.25, -0.2) is 9.97 Å². The average molecular weight is 279 g/mol. The van der Waals surface area contributed by atoms with E-state index < -0.39 is 0 Å². The first-order chi connectivity index (χ1) is 8.86. The fourth-order valence-electron chi connectivity index (χ4n) is 2.40. The monoisotopic (exact) mass is 279 g/mol. The van der Waals surface area contributed by atoms with Gasteiger partial charge in [0.05, 0.1) is 11.1 Å². The van der Waals surface area contributed by atoms with Crippen LogP contribution in [0.15, 0.2) is 11.4 Å². The van der Waals surface area contributed by atoms with Gasteiger partial charge in [-0.1, -0.05) is 12.8 Å². The van der Waals surface area contributed by atoms with E-state index in [1.165, 1.54) is 25.7 Å². The molecule has 0 aliphatic heterocycles. The highest BCUT2D eigenvalue weighted by atomic mass is 32.2. The highest BCUT2D eigenvalue weighted by Crippen LogP contribution is 2.32. The zero-order chi connectivity index (χ0) is 12.4. The Kier molecular flexibility index (Phi) is 3.70. The molecule has 2 aromatic rings. The van der Waals surface area contributed by atoms with Crippen LogP contribution in [0.25, 0.3) is 10.2 Å². The van der Waals surface area contributed by atoms with E-state index in [1.807, 2.05) is 18.8 Å². The Hall–Kier alpha value is -0.810. The van der Waals surface area contributed by atoms with E-state index in [0.717, 1.165) is 32.9 Å². The molecule has 2 heterocycles. The smallest absolute Gasteiger partial charge is 0.142 e. The van der Waals surface area contributed by atoms with Crippen molar-refractivity contribution in [1.29, 1.82) is 0 Å². The number of nitrogens with zero attached hydrogens (tertiary/aromatic N) is 2. The zero-order valence-corrected chi connectivity index (χ0v) is 12.1. The van der Waals surface area contributed by atoms with Crippen molar-refractivity contribution in [3.63, 3.8) is 0 Å². The van der Waals surface area contributed by atoms with Gasteiger partial charge in [-0.2, -0.15) is 11.8 Å². The summed E-state index contributed by atoms with van der Waals surface area (Å²) in [6.45, 7) is 0. The summed E-state index contributed by atoms with van der Waals surface area (Å²) >= 11 is 3.71. The summed E-state index contributed by atoms with van der Waals surface area (Å²) in [5.74, 6) is 2.86. The van der Waals surface area contributed by atoms with E-state index in [0.29, 0.717) is 0 Å². The van der Waals surface area contributed by atoms with Crippen molar-refractivity contribution in [3.05, 3.63) is 17.3 Å². The summed E-state index contributed by atoms with van der Waals surface area (Å²) in [5.41, 5.74) is 0. The van der Waals surface area contributed by atoms with E-state index in [2.05, 4.69) is 26.7 Å². The molecule has 0 amide bonds. The summed E-state index contributed by atoms with van der Waals surface area (Å²) in [6, 6.07) is 2.08. The van der Waals surface area contributed by atoms with Crippen molar-refractivity contribution in [1.82, 2.24) is 9.97 Å². The molecule has 0 spiro atoms. The van der Waals surface area contributed by atoms with Gasteiger partial charge >= 0.3 is 0 Å². The van der Waals surface area contributed by atoms with Gasteiger partial charge < -0.3 is 5.32 Å². The predicted molar refractivity (Wildman–Crippen MR) is 80.5 cm³/mol. The van der Waals surface area contributed by atoms with Crippen molar-refractivity contribution in [2.45, 2.75) is 36.7 Å². The second-order valence-electron chi connectivity index (χ2n) is 4.60. The minimum Gasteiger partial charge on any atom is -0.372 e. The first-order valence-corrected chi connectivity index (χ1v) is 8.33. The number of hydrogen-bond acceptors (Lipinski definition) is 5. The number of aromatic nitrogens is 2. The molecule has 18 heavy (non-hydrogen) atoms. The van der Waals surface area contributed by atoms with Gasteiger partial charge in [0.15, 0.2) is 0 Å². The van der Waals surface area contributed by atoms with Crippen LogP contribution in [-0.2, 0) is 5.75 Å². The molecule has 0 radical (unpaired) electrons. The predicted octanol–water partition coefficient (Wildman–Crippen LogP) is 3.91. The summed E-state index contributed by atoms with van der Waals surface area (Å²) in [6.07, 6.45) is 5.52. The van der Waals surface area contributed by atoms with Crippen LogP contribution in [0.1, 0.15) is 31.5 Å². The maximum atomic E-state index is 4.65. The molecule has 0 unspecified atom stereocenters. The van der Waals surface area contributed by atoms with Crippen molar-refractivity contribution < 1.29 is 0 Å². The Morgan fingerprint density at radius 2 is 2.22 bits per heavy atom. The van der Waals surface area contributed by atoms with E-state index in [9.17, 15) is 0 Å². The molecule has 0 aromatic carbocycles. The Labute approximate surface area is 115 Å². The Bertz CT molecular complexity index is 532. The van der Waals surface area contributed by atoms with E-state index in [4.69, 9.17) is 0 Å². The Morgan fingerprint density at radius 3 is 3.00 bits per heavy atom. The molecule has 3 rings (SSSR count). The third kappa shape index (κ3) is 2.47. The highest BCUT2D eigenvalue weighted by Gasteiger charge is 2.16. The minimum absolute atomic E-state index is 0.825. The number of nitrogens with one attached hydrogen (secondary N) is 1. The standard InChI is InChI=1S/C13H17N3S2/c1-14-12-10-6-7-17-13(10)16-11(15-12)8-18-9-4-2-3-5-9/h6-7,9H,2-5,8H2,1H3,(H,14,15,16). The van der Waals surface area contributed by atoms with Crippen LogP contribution in [0.2, 0.25) is 0 Å². The van der Waals surface area contributed by atoms with Gasteiger partial charge in [-0.15, -0.1) is 11.3 Å². The Balaban J connectivity index is 1.78. The topological polar surface area (TPSA) is 37.8 Å². The van der Waals surface area contributed by atoms with E-state index in [1.54, 1.807) is 11.3 Å². The van der Waals surface area contributed by atoms with Crippen molar-refractivity contribution in [3.8, 4) is 0 Å². The first-order valence-electron chi connectivity index (χ1n) is 6.40. The molecule has 1 aliphatic carbocycles. The van der Waals surface area contributed by atoms with Crippen LogP contribution in [0.4, 0.5) is 5.82 Å². The lowest BCUT2D eigenvalue weighted by atomic mass is 10.4. The number of fused-ring (bicyclic) bond motifs is 1. The van der Waals surface area contributed by atoms with E-state index in [-0.39, 0.29) is 0 Å². The number of rotatable bonds is 4. The van der Waals surface area contributed by atoms with Gasteiger partial charge in [-0.05, 0) is 24.3 Å². The van der Waals surface area contributed by atoms with Crippen LogP contribution in [0, 0.1) is 0 Å². The number of hydrogen-bond donors (Lipinski definition) is 1. The van der Waals surface area contributed by atoms with Gasteiger partial charge in [0.25, 0.3) is 0 Å². The molecular weight excluding hydrogens is 262 g/mol. The van der Waals surface area contributed by atoms with Crippen LogP contribution in [-0.4, -0.2) is 22.3 Å². The number of thiophene rings is 1. The third-order valence-electron chi connectivity index (χ3n) is 3.36. The van der Waals surface area contributed by atoms with Crippen LogP contribution < -0.4 is 5.32 Å². The summed E-state index contributed by atoms with van der Waals surface area (Å²) < 4.78 is 0. The van der Waals surface area contributed by atoms with Crippen molar-refractivity contribution >= 4 is 39.1 Å². The van der Waals surface area contributed by atoms with Gasteiger partial charge in [-0.3, -0.25) is 0 Å². The van der Waals surface area contributed by atoms with E-state index >= 15 is 0 Å². The lowest BCUT2D eigenvalue weighted by Gasteiger charge is -2.09. The molecule has 0 atom stereocenters. The normalized spacial score (nSPS) is 16.5. The fourth-order valence-corrected chi connectivity index (χ4v) is 4.37. The molecule has 0 bridgehead atoms.